The molecule has 0 unspecified atom stereocenters. The van der Waals surface area contributed by atoms with Crippen LogP contribution in [0.3, 0.4) is 0 Å². The zero-order valence-electron chi connectivity index (χ0n) is 25.0. The van der Waals surface area contributed by atoms with Gasteiger partial charge in [-0.15, -0.1) is 0 Å². The van der Waals surface area contributed by atoms with Crippen LogP contribution in [-0.4, -0.2) is 49.0 Å². The van der Waals surface area contributed by atoms with Gasteiger partial charge in [-0.1, -0.05) is 29.8 Å². The highest BCUT2D eigenvalue weighted by Crippen LogP contribution is 2.28. The Balaban J connectivity index is 1.03. The maximum Gasteiger partial charge on any atom is 0.407 e. The first-order valence-corrected chi connectivity index (χ1v) is 14.9. The Bertz CT molecular complexity index is 1860. The highest BCUT2D eigenvalue weighted by Gasteiger charge is 2.26. The molecule has 0 saturated heterocycles. The van der Waals surface area contributed by atoms with Crippen LogP contribution in [-0.2, 0) is 17.9 Å². The molecule has 4 aromatic heterocycles. The lowest BCUT2D eigenvalue weighted by atomic mass is 9.91. The Morgan fingerprint density at radius 1 is 1.00 bits per heavy atom. The van der Waals surface area contributed by atoms with Crippen LogP contribution in [0.15, 0.2) is 67.3 Å². The highest BCUT2D eigenvalue weighted by atomic mass is 19.1. The molecule has 1 fully saturated rings. The number of fused-ring (bicyclic) bond motifs is 1. The van der Waals surface area contributed by atoms with E-state index in [4.69, 9.17) is 4.74 Å². The van der Waals surface area contributed by atoms with E-state index in [1.165, 1.54) is 12.3 Å². The number of aromatic amines is 1. The minimum absolute atomic E-state index is 0.0194. The van der Waals surface area contributed by atoms with Crippen LogP contribution >= 0.6 is 0 Å². The Kier molecular flexibility index (Phi) is 9.08. The lowest BCUT2D eigenvalue weighted by Crippen LogP contribution is -2.42. The van der Waals surface area contributed by atoms with Gasteiger partial charge in [0.05, 0.1) is 12.4 Å². The van der Waals surface area contributed by atoms with Crippen molar-refractivity contribution >= 4 is 28.9 Å². The summed E-state index contributed by atoms with van der Waals surface area (Å²) in [5, 5.41) is 9.39. The number of carbonyl (C=O) groups excluding carboxylic acids is 2. The minimum Gasteiger partial charge on any atom is -0.445 e. The third-order valence-electron chi connectivity index (χ3n) is 7.82. The fourth-order valence-electron chi connectivity index (χ4n) is 5.43. The lowest BCUT2D eigenvalue weighted by Gasteiger charge is -2.30. The number of nitrogens with one attached hydrogen (secondary N) is 4. The smallest absolute Gasteiger partial charge is 0.407 e. The number of pyridine rings is 2. The Labute approximate surface area is 263 Å². The molecule has 6 rings (SSSR count). The predicted molar refractivity (Wildman–Crippen MR) is 167 cm³/mol. The van der Waals surface area contributed by atoms with Gasteiger partial charge in [-0.2, -0.15) is 0 Å². The molecule has 11 nitrogen and oxygen atoms in total. The fourth-order valence-corrected chi connectivity index (χ4v) is 5.43. The molecule has 5 aromatic rings. The van der Waals surface area contributed by atoms with E-state index in [1.54, 1.807) is 18.3 Å². The van der Waals surface area contributed by atoms with Crippen LogP contribution < -0.4 is 16.0 Å². The molecule has 2 amide bonds. The number of halogens is 2. The van der Waals surface area contributed by atoms with Crippen molar-refractivity contribution in [3.05, 3.63) is 101 Å². The van der Waals surface area contributed by atoms with E-state index in [2.05, 4.69) is 40.9 Å². The van der Waals surface area contributed by atoms with E-state index >= 15 is 0 Å². The largest absolute Gasteiger partial charge is 0.445 e. The van der Waals surface area contributed by atoms with Crippen molar-refractivity contribution in [2.75, 3.05) is 5.32 Å². The standard InChI is InChI=1S/C33H32F2N8O3/c1-19-5-7-20(8-6-19)14-40-33(45)46-18-21-9-10-36-28(11-21)32(44)42-24-4-2-3-23(13-24)41-31-27(35)17-39-30(43-31)26-16-38-29-25(26)12-22(34)15-37-29/h5-12,15-17,23-24H,2-4,13-14,18H2,1H3,(H,37,38)(H,40,45)(H,42,44)(H,39,41,43)/t23-,24+/m1/s1. The van der Waals surface area contributed by atoms with E-state index in [1.807, 2.05) is 31.2 Å². The first kappa shape index (κ1) is 30.6. The molecule has 46 heavy (non-hydrogen) atoms. The Hall–Kier alpha value is -5.46. The van der Waals surface area contributed by atoms with Crippen molar-refractivity contribution in [3.63, 3.8) is 0 Å². The number of anilines is 1. The molecule has 0 spiro atoms. The predicted octanol–water partition coefficient (Wildman–Crippen LogP) is 5.58. The number of rotatable bonds is 9. The van der Waals surface area contributed by atoms with Crippen LogP contribution in [0, 0.1) is 18.6 Å². The highest BCUT2D eigenvalue weighted by molar-refractivity contribution is 5.93. The van der Waals surface area contributed by atoms with Gasteiger partial charge in [-0.05, 0) is 61.9 Å². The number of hydrogen-bond acceptors (Lipinski definition) is 8. The van der Waals surface area contributed by atoms with Gasteiger partial charge in [-0.3, -0.25) is 9.78 Å². The Morgan fingerprint density at radius 2 is 1.83 bits per heavy atom. The molecule has 236 valence electrons. The number of amides is 2. The summed E-state index contributed by atoms with van der Waals surface area (Å²) in [7, 11) is 0. The van der Waals surface area contributed by atoms with E-state index in [0.29, 0.717) is 35.1 Å². The topological polar surface area (TPSA) is 147 Å². The molecule has 2 atom stereocenters. The zero-order valence-corrected chi connectivity index (χ0v) is 25.0. The summed E-state index contributed by atoms with van der Waals surface area (Å²) >= 11 is 0. The fraction of sp³-hybridized carbons (Fsp3) is 0.273. The third-order valence-corrected chi connectivity index (χ3v) is 7.82. The second-order valence-electron chi connectivity index (χ2n) is 11.3. The normalized spacial score (nSPS) is 16.2. The summed E-state index contributed by atoms with van der Waals surface area (Å²) in [5.74, 6) is -1.23. The average molecular weight is 627 g/mol. The number of benzene rings is 1. The van der Waals surface area contributed by atoms with Gasteiger partial charge in [0.25, 0.3) is 5.91 Å². The van der Waals surface area contributed by atoms with Gasteiger partial charge in [0.2, 0.25) is 0 Å². The van der Waals surface area contributed by atoms with E-state index < -0.39 is 17.7 Å². The molecule has 0 bridgehead atoms. The molecule has 4 heterocycles. The number of ether oxygens (including phenoxy) is 1. The van der Waals surface area contributed by atoms with Gasteiger partial charge in [0.15, 0.2) is 17.5 Å². The molecule has 0 aliphatic heterocycles. The van der Waals surface area contributed by atoms with Crippen molar-refractivity contribution in [2.45, 2.75) is 57.8 Å². The summed E-state index contributed by atoms with van der Waals surface area (Å²) in [6.45, 7) is 2.32. The molecule has 4 N–H and O–H groups in total. The first-order chi connectivity index (χ1) is 22.3. The SMILES string of the molecule is Cc1ccc(CNC(=O)OCc2ccnc(C(=O)N[C@H]3CCC[C@@H](Nc4nc(-c5c[nH]c6ncc(F)cc56)ncc4F)C3)c2)cc1. The number of alkyl carbamates (subject to hydrolysis) is 1. The van der Waals surface area contributed by atoms with Gasteiger partial charge in [0.1, 0.15) is 23.8 Å². The van der Waals surface area contributed by atoms with Gasteiger partial charge < -0.3 is 25.7 Å². The summed E-state index contributed by atoms with van der Waals surface area (Å²) in [6.07, 6.45) is 7.57. The van der Waals surface area contributed by atoms with Crippen LogP contribution in [0.2, 0.25) is 0 Å². The number of H-pyrrole nitrogens is 1. The number of hydrogen-bond donors (Lipinski definition) is 4. The maximum absolute atomic E-state index is 14.8. The van der Waals surface area contributed by atoms with Crippen LogP contribution in [0.4, 0.5) is 19.4 Å². The minimum atomic E-state index is -0.619. The number of nitrogens with zero attached hydrogens (tertiary/aromatic N) is 4. The van der Waals surface area contributed by atoms with Gasteiger partial charge in [0, 0.05) is 42.0 Å². The molecule has 0 radical (unpaired) electrons. The molecule has 13 heteroatoms. The number of aromatic nitrogens is 5. The van der Waals surface area contributed by atoms with Crippen LogP contribution in [0.5, 0.6) is 0 Å². The van der Waals surface area contributed by atoms with Crippen molar-refractivity contribution < 1.29 is 23.1 Å². The summed E-state index contributed by atoms with van der Waals surface area (Å²) in [5.41, 5.74) is 3.89. The molecular weight excluding hydrogens is 594 g/mol. The zero-order chi connectivity index (χ0) is 32.0. The third kappa shape index (κ3) is 7.42. The van der Waals surface area contributed by atoms with E-state index in [0.717, 1.165) is 42.8 Å². The molecular formula is C33H32F2N8O3. The average Bonchev–Trinajstić information content (AvgIpc) is 3.48. The van der Waals surface area contributed by atoms with Crippen molar-refractivity contribution in [2.24, 2.45) is 0 Å². The van der Waals surface area contributed by atoms with Crippen LogP contribution in [0.25, 0.3) is 22.4 Å². The second-order valence-corrected chi connectivity index (χ2v) is 11.3. The Morgan fingerprint density at radius 3 is 2.67 bits per heavy atom. The lowest BCUT2D eigenvalue weighted by molar-refractivity contribution is 0.0921. The monoisotopic (exact) mass is 626 g/mol. The van der Waals surface area contributed by atoms with Gasteiger partial charge >= 0.3 is 6.09 Å². The summed E-state index contributed by atoms with van der Waals surface area (Å²) in [6, 6.07) is 12.1. The van der Waals surface area contributed by atoms with Gasteiger partial charge in [-0.25, -0.2) is 28.5 Å². The summed E-state index contributed by atoms with van der Waals surface area (Å²) in [4.78, 5) is 44.9. The molecule has 1 aromatic carbocycles. The van der Waals surface area contributed by atoms with Crippen molar-refractivity contribution in [1.82, 2.24) is 35.6 Å². The molecule has 1 aliphatic rings. The van der Waals surface area contributed by atoms with Crippen molar-refractivity contribution in [3.8, 4) is 11.4 Å². The van der Waals surface area contributed by atoms with E-state index in [-0.39, 0.29) is 41.9 Å². The molecule has 1 saturated carbocycles. The maximum atomic E-state index is 14.8. The number of aryl methyl sites for hydroxylation is 1. The number of carbonyl (C=O) groups is 2. The van der Waals surface area contributed by atoms with Crippen molar-refractivity contribution in [1.29, 1.82) is 0 Å². The summed E-state index contributed by atoms with van der Waals surface area (Å²) < 4.78 is 33.9. The quantitative estimate of drug-likeness (QED) is 0.166. The van der Waals surface area contributed by atoms with Crippen LogP contribution in [0.1, 0.15) is 52.9 Å². The first-order valence-electron chi connectivity index (χ1n) is 14.9. The molecule has 1 aliphatic carbocycles. The second kappa shape index (κ2) is 13.7. The van der Waals surface area contributed by atoms with E-state index in [9.17, 15) is 18.4 Å².